The number of ketones is 1. The molecule has 0 bridgehead atoms. The lowest BCUT2D eigenvalue weighted by Gasteiger charge is -2.06. The molecule has 0 aliphatic heterocycles. The second-order valence-electron chi connectivity index (χ2n) is 4.43. The number of carbonyl (C=O) groups excluding carboxylic acids is 1. The number of benzene rings is 1. The SMILES string of the molecule is O=C(c1cnoc1C1CC1)c1ccc(Cl)c(Cl)c1Br. The van der Waals surface area contributed by atoms with E-state index in [0.29, 0.717) is 37.3 Å². The van der Waals surface area contributed by atoms with E-state index in [9.17, 15) is 4.79 Å². The normalized spacial score (nSPS) is 14.7. The highest BCUT2D eigenvalue weighted by Crippen LogP contribution is 2.42. The number of hydrogen-bond acceptors (Lipinski definition) is 3. The average Bonchev–Trinajstić information content (AvgIpc) is 3.13. The van der Waals surface area contributed by atoms with Crippen LogP contribution in [0.1, 0.15) is 40.4 Å². The lowest BCUT2D eigenvalue weighted by atomic mass is 10.0. The molecule has 0 N–H and O–H groups in total. The van der Waals surface area contributed by atoms with Crippen molar-refractivity contribution in [3.63, 3.8) is 0 Å². The first kappa shape index (κ1) is 13.2. The fourth-order valence-electron chi connectivity index (χ4n) is 1.91. The third kappa shape index (κ3) is 2.33. The molecule has 6 heteroatoms. The van der Waals surface area contributed by atoms with Crippen LogP contribution in [0.25, 0.3) is 0 Å². The van der Waals surface area contributed by atoms with Crippen molar-refractivity contribution in [2.24, 2.45) is 0 Å². The molecular weight excluding hydrogens is 353 g/mol. The maximum atomic E-state index is 12.5. The molecule has 1 fully saturated rings. The van der Waals surface area contributed by atoms with Crippen molar-refractivity contribution in [1.29, 1.82) is 0 Å². The van der Waals surface area contributed by atoms with Gasteiger partial charge in [0.05, 0.1) is 21.8 Å². The van der Waals surface area contributed by atoms with E-state index in [-0.39, 0.29) is 5.78 Å². The maximum absolute atomic E-state index is 12.5. The summed E-state index contributed by atoms with van der Waals surface area (Å²) < 4.78 is 5.67. The number of nitrogens with zero attached hydrogens (tertiary/aromatic N) is 1. The van der Waals surface area contributed by atoms with Gasteiger partial charge in [0.15, 0.2) is 11.5 Å². The molecule has 0 radical (unpaired) electrons. The number of aromatic nitrogens is 1. The Balaban J connectivity index is 2.04. The third-order valence-corrected chi connectivity index (χ3v) is 4.93. The van der Waals surface area contributed by atoms with Crippen molar-refractivity contribution in [2.75, 3.05) is 0 Å². The second kappa shape index (κ2) is 4.93. The zero-order valence-corrected chi connectivity index (χ0v) is 12.7. The lowest BCUT2D eigenvalue weighted by molar-refractivity contribution is 0.103. The number of halogens is 3. The first-order chi connectivity index (χ1) is 9.09. The summed E-state index contributed by atoms with van der Waals surface area (Å²) in [6.07, 6.45) is 3.54. The van der Waals surface area contributed by atoms with Crippen LogP contribution in [-0.2, 0) is 0 Å². The van der Waals surface area contributed by atoms with Crippen molar-refractivity contribution in [3.8, 4) is 0 Å². The van der Waals surface area contributed by atoms with Gasteiger partial charge in [0.1, 0.15) is 0 Å². The molecule has 3 nitrogen and oxygen atoms in total. The summed E-state index contributed by atoms with van der Waals surface area (Å²) in [6, 6.07) is 3.25. The zero-order valence-electron chi connectivity index (χ0n) is 9.62. The summed E-state index contributed by atoms with van der Waals surface area (Å²) in [6.45, 7) is 0. The largest absolute Gasteiger partial charge is 0.360 e. The minimum atomic E-state index is -0.159. The zero-order chi connectivity index (χ0) is 13.6. The van der Waals surface area contributed by atoms with E-state index in [1.807, 2.05) is 0 Å². The average molecular weight is 361 g/mol. The van der Waals surface area contributed by atoms with Gasteiger partial charge < -0.3 is 4.52 Å². The second-order valence-corrected chi connectivity index (χ2v) is 6.01. The summed E-state index contributed by atoms with van der Waals surface area (Å²) >= 11 is 15.2. The Morgan fingerprint density at radius 1 is 1.32 bits per heavy atom. The van der Waals surface area contributed by atoms with Crippen LogP contribution >= 0.6 is 39.1 Å². The van der Waals surface area contributed by atoms with E-state index < -0.39 is 0 Å². The molecule has 1 saturated carbocycles. The highest BCUT2D eigenvalue weighted by Gasteiger charge is 2.33. The molecule has 2 aromatic rings. The molecular formula is C13H8BrCl2NO2. The Labute approximate surface area is 128 Å². The van der Waals surface area contributed by atoms with Gasteiger partial charge >= 0.3 is 0 Å². The molecule has 0 atom stereocenters. The van der Waals surface area contributed by atoms with Crippen molar-refractivity contribution in [2.45, 2.75) is 18.8 Å². The highest BCUT2D eigenvalue weighted by molar-refractivity contribution is 9.10. The first-order valence-corrected chi connectivity index (χ1v) is 7.27. The van der Waals surface area contributed by atoms with Crippen LogP contribution in [0.15, 0.2) is 27.3 Å². The van der Waals surface area contributed by atoms with E-state index in [2.05, 4.69) is 21.1 Å². The topological polar surface area (TPSA) is 43.1 Å². The minimum Gasteiger partial charge on any atom is -0.360 e. The van der Waals surface area contributed by atoms with Crippen LogP contribution in [0.5, 0.6) is 0 Å². The molecule has 1 aromatic carbocycles. The molecule has 1 aliphatic carbocycles. The number of hydrogen-bond donors (Lipinski definition) is 0. The molecule has 3 rings (SSSR count). The minimum absolute atomic E-state index is 0.159. The number of carbonyl (C=O) groups is 1. The molecule has 0 unspecified atom stereocenters. The van der Waals surface area contributed by atoms with Crippen LogP contribution in [0, 0.1) is 0 Å². The summed E-state index contributed by atoms with van der Waals surface area (Å²) in [5.41, 5.74) is 0.959. The predicted octanol–water partition coefficient (Wildman–Crippen LogP) is 4.85. The van der Waals surface area contributed by atoms with Gasteiger partial charge in [-0.1, -0.05) is 28.4 Å². The van der Waals surface area contributed by atoms with Crippen LogP contribution in [0.4, 0.5) is 0 Å². The molecule has 19 heavy (non-hydrogen) atoms. The standard InChI is InChI=1S/C13H8BrCl2NO2/c14-10-7(3-4-9(15)11(10)16)12(18)8-5-17-19-13(8)6-1-2-6/h3-6H,1-2H2. The van der Waals surface area contributed by atoms with Crippen LogP contribution in [-0.4, -0.2) is 10.9 Å². The van der Waals surface area contributed by atoms with E-state index >= 15 is 0 Å². The summed E-state index contributed by atoms with van der Waals surface area (Å²) in [7, 11) is 0. The Kier molecular flexibility index (Phi) is 3.41. The lowest BCUT2D eigenvalue weighted by Crippen LogP contribution is -2.04. The van der Waals surface area contributed by atoms with Gasteiger partial charge in [-0.05, 0) is 40.9 Å². The van der Waals surface area contributed by atoms with Gasteiger partial charge in [0, 0.05) is 16.0 Å². The Bertz CT molecular complexity index is 665. The predicted molar refractivity (Wildman–Crippen MR) is 76.1 cm³/mol. The molecule has 1 aromatic heterocycles. The Morgan fingerprint density at radius 2 is 2.05 bits per heavy atom. The molecule has 1 aliphatic rings. The van der Waals surface area contributed by atoms with Gasteiger partial charge in [-0.3, -0.25) is 4.79 Å². The van der Waals surface area contributed by atoms with Crippen LogP contribution < -0.4 is 0 Å². The van der Waals surface area contributed by atoms with Crippen molar-refractivity contribution < 1.29 is 9.32 Å². The van der Waals surface area contributed by atoms with Crippen molar-refractivity contribution >= 4 is 44.9 Å². The number of rotatable bonds is 3. The molecule has 98 valence electrons. The van der Waals surface area contributed by atoms with E-state index in [4.69, 9.17) is 27.7 Å². The van der Waals surface area contributed by atoms with Gasteiger partial charge in [0.25, 0.3) is 0 Å². The van der Waals surface area contributed by atoms with Gasteiger partial charge in [0.2, 0.25) is 0 Å². The maximum Gasteiger partial charge on any atom is 0.199 e. The summed E-state index contributed by atoms with van der Waals surface area (Å²) in [5, 5.41) is 4.46. The molecule has 0 amide bonds. The Hall–Kier alpha value is -0.840. The van der Waals surface area contributed by atoms with E-state index in [1.54, 1.807) is 12.1 Å². The summed E-state index contributed by atoms with van der Waals surface area (Å²) in [4.78, 5) is 12.5. The molecule has 0 spiro atoms. The van der Waals surface area contributed by atoms with Gasteiger partial charge in [-0.15, -0.1) is 0 Å². The summed E-state index contributed by atoms with van der Waals surface area (Å²) in [5.74, 6) is 0.833. The van der Waals surface area contributed by atoms with Gasteiger partial charge in [-0.25, -0.2) is 0 Å². The fraction of sp³-hybridized carbons (Fsp3) is 0.231. The van der Waals surface area contributed by atoms with Gasteiger partial charge in [-0.2, -0.15) is 0 Å². The van der Waals surface area contributed by atoms with E-state index in [1.165, 1.54) is 6.20 Å². The molecule has 1 heterocycles. The Morgan fingerprint density at radius 3 is 2.74 bits per heavy atom. The molecule has 0 saturated heterocycles. The quantitative estimate of drug-likeness (QED) is 0.580. The van der Waals surface area contributed by atoms with Crippen molar-refractivity contribution in [3.05, 3.63) is 49.7 Å². The fourth-order valence-corrected chi connectivity index (χ4v) is 2.87. The van der Waals surface area contributed by atoms with Crippen LogP contribution in [0.3, 0.4) is 0 Å². The smallest absolute Gasteiger partial charge is 0.199 e. The van der Waals surface area contributed by atoms with Crippen molar-refractivity contribution in [1.82, 2.24) is 5.16 Å². The monoisotopic (exact) mass is 359 g/mol. The third-order valence-electron chi connectivity index (χ3n) is 3.07. The first-order valence-electron chi connectivity index (χ1n) is 5.72. The highest BCUT2D eigenvalue weighted by atomic mass is 79.9. The van der Waals surface area contributed by atoms with E-state index in [0.717, 1.165) is 12.8 Å². The van der Waals surface area contributed by atoms with Crippen LogP contribution in [0.2, 0.25) is 10.0 Å².